The number of esters is 1. The Morgan fingerprint density at radius 1 is 1.00 bits per heavy atom. The Labute approximate surface area is 159 Å². The van der Waals surface area contributed by atoms with E-state index >= 15 is 0 Å². The molecule has 0 spiro atoms. The lowest BCUT2D eigenvalue weighted by Gasteiger charge is -2.24. The fraction of sp³-hybridized carbons (Fsp3) is 0.318. The predicted molar refractivity (Wildman–Crippen MR) is 103 cm³/mol. The lowest BCUT2D eigenvalue weighted by atomic mass is 9.84. The van der Waals surface area contributed by atoms with E-state index in [1.807, 2.05) is 82.3 Å². The molecule has 0 radical (unpaired) electrons. The van der Waals surface area contributed by atoms with Gasteiger partial charge in [-0.1, -0.05) is 54.1 Å². The van der Waals surface area contributed by atoms with Crippen LogP contribution >= 0.6 is 11.6 Å². The van der Waals surface area contributed by atoms with Gasteiger partial charge in [0.05, 0.1) is 11.5 Å². The average Bonchev–Trinajstić information content (AvgIpc) is 2.92. The molecule has 1 heterocycles. The fourth-order valence-electron chi connectivity index (χ4n) is 3.21. The zero-order chi connectivity index (χ0) is 18.9. The molecular formula is C22H23ClO3. The zero-order valence-electron chi connectivity index (χ0n) is 15.5. The summed E-state index contributed by atoms with van der Waals surface area (Å²) in [6.07, 6.45) is -0.278. The van der Waals surface area contributed by atoms with Crippen molar-refractivity contribution in [2.45, 2.75) is 45.3 Å². The molecule has 0 N–H and O–H groups in total. The summed E-state index contributed by atoms with van der Waals surface area (Å²) in [7, 11) is 0. The first-order chi connectivity index (χ1) is 12.3. The number of hydrogen-bond acceptors (Lipinski definition) is 3. The van der Waals surface area contributed by atoms with Crippen molar-refractivity contribution in [3.05, 3.63) is 82.1 Å². The molecule has 4 heteroatoms. The molecule has 0 amide bonds. The topological polar surface area (TPSA) is 35.5 Å². The molecule has 2 aromatic carbocycles. The summed E-state index contributed by atoms with van der Waals surface area (Å²) in [5.41, 5.74) is 1.99. The molecule has 1 aliphatic heterocycles. The second kappa shape index (κ2) is 7.16. The molecule has 0 unspecified atom stereocenters. The van der Waals surface area contributed by atoms with E-state index < -0.39 is 5.60 Å². The highest BCUT2D eigenvalue weighted by molar-refractivity contribution is 6.30. The summed E-state index contributed by atoms with van der Waals surface area (Å²) in [5.74, 6) is 0.0194. The van der Waals surface area contributed by atoms with Gasteiger partial charge >= 0.3 is 5.97 Å². The molecule has 26 heavy (non-hydrogen) atoms. The van der Waals surface area contributed by atoms with Crippen LogP contribution in [0.2, 0.25) is 5.02 Å². The van der Waals surface area contributed by atoms with Gasteiger partial charge in [-0.05, 0) is 51.0 Å². The van der Waals surface area contributed by atoms with E-state index in [2.05, 4.69) is 0 Å². The molecule has 3 rings (SSSR count). The number of hydrogen-bond donors (Lipinski definition) is 0. The van der Waals surface area contributed by atoms with Gasteiger partial charge in [0.25, 0.3) is 0 Å². The van der Waals surface area contributed by atoms with Crippen molar-refractivity contribution >= 4 is 17.6 Å². The summed E-state index contributed by atoms with van der Waals surface area (Å²) in [6.45, 7) is 7.42. The number of carbonyl (C=O) groups is 1. The van der Waals surface area contributed by atoms with Gasteiger partial charge in [-0.25, -0.2) is 4.79 Å². The summed E-state index contributed by atoms with van der Waals surface area (Å²) >= 11 is 6.05. The quantitative estimate of drug-likeness (QED) is 0.639. The van der Waals surface area contributed by atoms with E-state index in [4.69, 9.17) is 21.1 Å². The van der Waals surface area contributed by atoms with E-state index in [-0.39, 0.29) is 18.0 Å². The van der Waals surface area contributed by atoms with E-state index in [0.717, 1.165) is 11.1 Å². The van der Waals surface area contributed by atoms with Crippen molar-refractivity contribution in [2.24, 2.45) is 0 Å². The first kappa shape index (κ1) is 18.5. The van der Waals surface area contributed by atoms with Gasteiger partial charge in [0, 0.05) is 5.02 Å². The average molecular weight is 371 g/mol. The highest BCUT2D eigenvalue weighted by Gasteiger charge is 2.42. The monoisotopic (exact) mass is 370 g/mol. The Kier molecular flexibility index (Phi) is 5.10. The Balaban J connectivity index is 2.05. The summed E-state index contributed by atoms with van der Waals surface area (Å²) < 4.78 is 11.8. The zero-order valence-corrected chi connectivity index (χ0v) is 16.2. The molecule has 0 bridgehead atoms. The van der Waals surface area contributed by atoms with E-state index in [0.29, 0.717) is 16.4 Å². The van der Waals surface area contributed by atoms with Crippen molar-refractivity contribution in [1.29, 1.82) is 0 Å². The number of halogens is 1. The van der Waals surface area contributed by atoms with Crippen molar-refractivity contribution in [2.75, 3.05) is 0 Å². The van der Waals surface area contributed by atoms with E-state index in [9.17, 15) is 4.79 Å². The highest BCUT2D eigenvalue weighted by Crippen LogP contribution is 2.48. The second-order valence-electron chi connectivity index (χ2n) is 7.45. The largest absolute Gasteiger partial charge is 0.489 e. The third-order valence-corrected chi connectivity index (χ3v) is 4.52. The SMILES string of the molecule is CC1=C(C(=O)OC(C)(C)C)[C@H](c2ccc(Cl)cc2)[C@H](c2ccccc2)O1. The van der Waals surface area contributed by atoms with Gasteiger partial charge in [0.1, 0.15) is 17.5 Å². The molecule has 0 saturated carbocycles. The molecule has 1 aliphatic rings. The molecular weight excluding hydrogens is 348 g/mol. The Bertz CT molecular complexity index is 817. The van der Waals surface area contributed by atoms with Gasteiger partial charge < -0.3 is 9.47 Å². The lowest BCUT2D eigenvalue weighted by molar-refractivity contribution is -0.150. The summed E-state index contributed by atoms with van der Waals surface area (Å²) in [4.78, 5) is 12.9. The second-order valence-corrected chi connectivity index (χ2v) is 7.89. The number of carbonyl (C=O) groups excluding carboxylic acids is 1. The van der Waals surface area contributed by atoms with Crippen LogP contribution in [0.1, 0.15) is 50.8 Å². The minimum Gasteiger partial charge on any atom is -0.489 e. The highest BCUT2D eigenvalue weighted by atomic mass is 35.5. The van der Waals surface area contributed by atoms with Crippen LogP contribution in [0, 0.1) is 0 Å². The first-order valence-electron chi connectivity index (χ1n) is 8.67. The first-order valence-corrected chi connectivity index (χ1v) is 9.05. The Morgan fingerprint density at radius 2 is 1.62 bits per heavy atom. The van der Waals surface area contributed by atoms with Crippen LogP contribution in [-0.2, 0) is 14.3 Å². The molecule has 136 valence electrons. The van der Waals surface area contributed by atoms with Crippen LogP contribution in [-0.4, -0.2) is 11.6 Å². The van der Waals surface area contributed by atoms with Crippen LogP contribution in [0.5, 0.6) is 0 Å². The Hall–Kier alpha value is -2.26. The van der Waals surface area contributed by atoms with Crippen molar-refractivity contribution in [3.8, 4) is 0 Å². The van der Waals surface area contributed by atoms with E-state index in [1.165, 1.54) is 0 Å². The molecule has 0 aromatic heterocycles. The number of allylic oxidation sites excluding steroid dienone is 1. The van der Waals surface area contributed by atoms with Crippen LogP contribution < -0.4 is 0 Å². The number of benzene rings is 2. The van der Waals surface area contributed by atoms with Gasteiger partial charge in [0.15, 0.2) is 0 Å². The normalized spacial score (nSPS) is 20.0. The maximum Gasteiger partial charge on any atom is 0.338 e. The Morgan fingerprint density at radius 3 is 2.19 bits per heavy atom. The number of rotatable bonds is 3. The lowest BCUT2D eigenvalue weighted by Crippen LogP contribution is -2.27. The van der Waals surface area contributed by atoms with Crippen LogP contribution in [0.3, 0.4) is 0 Å². The van der Waals surface area contributed by atoms with Gasteiger partial charge in [-0.3, -0.25) is 0 Å². The third-order valence-electron chi connectivity index (χ3n) is 4.27. The van der Waals surface area contributed by atoms with Gasteiger partial charge in [-0.15, -0.1) is 0 Å². The van der Waals surface area contributed by atoms with E-state index in [1.54, 1.807) is 0 Å². The minimum atomic E-state index is -0.570. The van der Waals surface area contributed by atoms with Gasteiger partial charge in [0.2, 0.25) is 0 Å². The van der Waals surface area contributed by atoms with Crippen LogP contribution in [0.15, 0.2) is 65.9 Å². The van der Waals surface area contributed by atoms with Crippen LogP contribution in [0.4, 0.5) is 0 Å². The smallest absolute Gasteiger partial charge is 0.338 e. The van der Waals surface area contributed by atoms with Gasteiger partial charge in [-0.2, -0.15) is 0 Å². The van der Waals surface area contributed by atoms with Crippen molar-refractivity contribution < 1.29 is 14.3 Å². The number of ether oxygens (including phenoxy) is 2. The van der Waals surface area contributed by atoms with Crippen LogP contribution in [0.25, 0.3) is 0 Å². The summed E-state index contributed by atoms with van der Waals surface area (Å²) in [5, 5.41) is 0.656. The standard InChI is InChI=1S/C22H23ClO3/c1-14-18(21(24)26-22(2,3)4)19(15-10-12-17(23)13-11-15)20(25-14)16-8-6-5-7-9-16/h5-13,19-20H,1-4H3/t19-,20-/m0/s1. The predicted octanol–water partition coefficient (Wildman–Crippen LogP) is 5.81. The maximum atomic E-state index is 12.9. The molecule has 0 saturated heterocycles. The molecule has 0 fully saturated rings. The summed E-state index contributed by atoms with van der Waals surface area (Å²) in [6, 6.07) is 17.5. The maximum absolute atomic E-state index is 12.9. The van der Waals surface area contributed by atoms with Crippen molar-refractivity contribution in [3.63, 3.8) is 0 Å². The molecule has 2 aromatic rings. The third kappa shape index (κ3) is 3.94. The molecule has 2 atom stereocenters. The molecule has 0 aliphatic carbocycles. The van der Waals surface area contributed by atoms with Crippen molar-refractivity contribution in [1.82, 2.24) is 0 Å². The molecule has 3 nitrogen and oxygen atoms in total. The fourth-order valence-corrected chi connectivity index (χ4v) is 3.34. The minimum absolute atomic E-state index is 0.246.